The molecule has 24 heavy (non-hydrogen) atoms. The molecule has 1 saturated heterocycles. The minimum Gasteiger partial charge on any atom is -0.372 e. The van der Waals surface area contributed by atoms with Gasteiger partial charge in [0.1, 0.15) is 6.04 Å². The Hall–Kier alpha value is -2.04. The van der Waals surface area contributed by atoms with Crippen molar-refractivity contribution in [3.8, 4) is 0 Å². The Morgan fingerprint density at radius 3 is 2.58 bits per heavy atom. The summed E-state index contributed by atoms with van der Waals surface area (Å²) in [6, 6.07) is 9.91. The normalized spacial score (nSPS) is 17.5. The predicted molar refractivity (Wildman–Crippen MR) is 96.9 cm³/mol. The van der Waals surface area contributed by atoms with Crippen LogP contribution >= 0.6 is 23.2 Å². The molecule has 2 aromatic carbocycles. The third-order valence-electron chi connectivity index (χ3n) is 4.22. The molecule has 2 amide bonds. The second-order valence-corrected chi connectivity index (χ2v) is 6.66. The van der Waals surface area contributed by atoms with Crippen molar-refractivity contribution in [2.24, 2.45) is 0 Å². The minimum absolute atomic E-state index is 0.0885. The van der Waals surface area contributed by atoms with E-state index >= 15 is 0 Å². The van der Waals surface area contributed by atoms with Gasteiger partial charge in [0.25, 0.3) is 5.91 Å². The zero-order chi connectivity index (χ0) is 17.4. The highest BCUT2D eigenvalue weighted by molar-refractivity contribution is 6.36. The van der Waals surface area contributed by atoms with Crippen LogP contribution in [-0.2, 0) is 9.59 Å². The lowest BCUT2D eigenvalue weighted by Gasteiger charge is -2.19. The molecule has 1 atom stereocenters. The summed E-state index contributed by atoms with van der Waals surface area (Å²) in [5.74, 6) is -0.504. The number of carbonyl (C=O) groups excluding carboxylic acids is 2. The van der Waals surface area contributed by atoms with E-state index in [-0.39, 0.29) is 18.2 Å². The largest absolute Gasteiger partial charge is 0.372 e. The fraction of sp³-hybridized carbons (Fsp3) is 0.222. The first kappa shape index (κ1) is 16.8. The van der Waals surface area contributed by atoms with Crippen LogP contribution in [0.25, 0.3) is 0 Å². The van der Waals surface area contributed by atoms with E-state index in [4.69, 9.17) is 23.2 Å². The molecule has 1 aliphatic heterocycles. The van der Waals surface area contributed by atoms with E-state index < -0.39 is 6.04 Å². The van der Waals surface area contributed by atoms with Crippen molar-refractivity contribution in [1.29, 1.82) is 0 Å². The van der Waals surface area contributed by atoms with E-state index in [0.29, 0.717) is 21.4 Å². The third-order valence-corrected chi connectivity index (χ3v) is 4.77. The summed E-state index contributed by atoms with van der Waals surface area (Å²) >= 11 is 12.0. The molecule has 124 valence electrons. The Labute approximate surface area is 150 Å². The van der Waals surface area contributed by atoms with E-state index in [1.165, 1.54) is 4.90 Å². The van der Waals surface area contributed by atoms with Gasteiger partial charge in [0.2, 0.25) is 5.91 Å². The number of imide groups is 1. The van der Waals surface area contributed by atoms with Crippen molar-refractivity contribution < 1.29 is 9.59 Å². The van der Waals surface area contributed by atoms with Gasteiger partial charge in [0.15, 0.2) is 0 Å². The number of rotatable bonds is 3. The van der Waals surface area contributed by atoms with Crippen LogP contribution < -0.4 is 10.2 Å². The molecule has 2 aromatic rings. The fourth-order valence-electron chi connectivity index (χ4n) is 2.77. The van der Waals surface area contributed by atoms with Crippen molar-refractivity contribution in [3.05, 3.63) is 57.6 Å². The quantitative estimate of drug-likeness (QED) is 0.825. The van der Waals surface area contributed by atoms with Gasteiger partial charge in [-0.15, -0.1) is 0 Å². The second-order valence-electron chi connectivity index (χ2n) is 5.81. The molecule has 6 heteroatoms. The van der Waals surface area contributed by atoms with Gasteiger partial charge < -0.3 is 5.32 Å². The van der Waals surface area contributed by atoms with Gasteiger partial charge in [-0.2, -0.15) is 0 Å². The lowest BCUT2D eigenvalue weighted by molar-refractivity contribution is -0.121. The predicted octanol–water partition coefficient (Wildman–Crippen LogP) is 4.35. The van der Waals surface area contributed by atoms with Gasteiger partial charge in [0, 0.05) is 5.02 Å². The number of hydrogen-bond donors (Lipinski definition) is 1. The Kier molecular flexibility index (Phi) is 4.52. The van der Waals surface area contributed by atoms with Gasteiger partial charge in [0.05, 0.1) is 22.8 Å². The Morgan fingerprint density at radius 2 is 1.88 bits per heavy atom. The monoisotopic (exact) mass is 362 g/mol. The highest BCUT2D eigenvalue weighted by Crippen LogP contribution is 2.31. The number of carbonyl (C=O) groups is 2. The average Bonchev–Trinajstić information content (AvgIpc) is 2.80. The van der Waals surface area contributed by atoms with Gasteiger partial charge in [-0.25, -0.2) is 4.90 Å². The van der Waals surface area contributed by atoms with Crippen LogP contribution in [0.1, 0.15) is 17.5 Å². The van der Waals surface area contributed by atoms with Crippen LogP contribution in [0.5, 0.6) is 0 Å². The smallest absolute Gasteiger partial charge is 0.256 e. The molecule has 0 saturated carbocycles. The first-order valence-corrected chi connectivity index (χ1v) is 8.28. The first-order valence-electron chi connectivity index (χ1n) is 7.53. The molecule has 1 heterocycles. The molecule has 4 nitrogen and oxygen atoms in total. The molecular formula is C18H16Cl2N2O2. The average molecular weight is 363 g/mol. The summed E-state index contributed by atoms with van der Waals surface area (Å²) < 4.78 is 0. The van der Waals surface area contributed by atoms with Gasteiger partial charge in [-0.05, 0) is 49.2 Å². The van der Waals surface area contributed by atoms with Crippen molar-refractivity contribution in [2.75, 3.05) is 10.2 Å². The number of halogens is 2. The van der Waals surface area contributed by atoms with Crippen molar-refractivity contribution in [3.63, 3.8) is 0 Å². The lowest BCUT2D eigenvalue weighted by atomic mass is 10.1. The molecule has 0 bridgehead atoms. The maximum absolute atomic E-state index is 12.7. The van der Waals surface area contributed by atoms with E-state index in [1.54, 1.807) is 24.3 Å². The van der Waals surface area contributed by atoms with E-state index in [9.17, 15) is 9.59 Å². The molecule has 3 rings (SSSR count). The van der Waals surface area contributed by atoms with Crippen molar-refractivity contribution >= 4 is 46.4 Å². The number of benzene rings is 2. The zero-order valence-corrected chi connectivity index (χ0v) is 14.8. The molecule has 1 fully saturated rings. The number of nitrogens with zero attached hydrogens (tertiary/aromatic N) is 1. The SMILES string of the molecule is Cc1cccc(N2C(=O)C[C@H](Nc3ccc(Cl)cc3Cl)C2=O)c1C. The first-order chi connectivity index (χ1) is 11.4. The number of amides is 2. The van der Waals surface area contributed by atoms with Crippen molar-refractivity contribution in [1.82, 2.24) is 0 Å². The van der Waals surface area contributed by atoms with Crippen LogP contribution in [0.3, 0.4) is 0 Å². The summed E-state index contributed by atoms with van der Waals surface area (Å²) in [6.07, 6.45) is 0.0885. The topological polar surface area (TPSA) is 49.4 Å². The molecule has 0 aromatic heterocycles. The van der Waals surface area contributed by atoms with Crippen LogP contribution in [0, 0.1) is 13.8 Å². The second kappa shape index (κ2) is 6.46. The van der Waals surface area contributed by atoms with Crippen LogP contribution in [0.15, 0.2) is 36.4 Å². The summed E-state index contributed by atoms with van der Waals surface area (Å²) in [4.78, 5) is 26.4. The molecule has 0 unspecified atom stereocenters. The highest BCUT2D eigenvalue weighted by Gasteiger charge is 2.40. The Bertz CT molecular complexity index is 836. The Morgan fingerprint density at radius 1 is 1.12 bits per heavy atom. The third kappa shape index (κ3) is 2.99. The number of hydrogen-bond acceptors (Lipinski definition) is 3. The van der Waals surface area contributed by atoms with E-state index in [1.807, 2.05) is 26.0 Å². The summed E-state index contributed by atoms with van der Waals surface area (Å²) in [7, 11) is 0. The number of aryl methyl sites for hydroxylation is 1. The van der Waals surface area contributed by atoms with E-state index in [2.05, 4.69) is 5.32 Å². The summed E-state index contributed by atoms with van der Waals surface area (Å²) in [5, 5.41) is 3.97. The van der Waals surface area contributed by atoms with Crippen LogP contribution in [-0.4, -0.2) is 17.9 Å². The lowest BCUT2D eigenvalue weighted by Crippen LogP contribution is -2.35. The fourth-order valence-corrected chi connectivity index (χ4v) is 3.23. The Balaban J connectivity index is 1.88. The highest BCUT2D eigenvalue weighted by atomic mass is 35.5. The minimum atomic E-state index is -0.643. The maximum atomic E-state index is 12.7. The number of nitrogens with one attached hydrogen (secondary N) is 1. The molecule has 0 radical (unpaired) electrons. The zero-order valence-electron chi connectivity index (χ0n) is 13.3. The molecule has 1 N–H and O–H groups in total. The van der Waals surface area contributed by atoms with Crippen molar-refractivity contribution in [2.45, 2.75) is 26.3 Å². The van der Waals surface area contributed by atoms with Gasteiger partial charge in [-0.1, -0.05) is 35.3 Å². The maximum Gasteiger partial charge on any atom is 0.256 e. The van der Waals surface area contributed by atoms with Crippen LogP contribution in [0.4, 0.5) is 11.4 Å². The van der Waals surface area contributed by atoms with Gasteiger partial charge >= 0.3 is 0 Å². The molecular weight excluding hydrogens is 347 g/mol. The molecule has 0 spiro atoms. The van der Waals surface area contributed by atoms with Crippen LogP contribution in [0.2, 0.25) is 10.0 Å². The summed E-state index contributed by atoms with van der Waals surface area (Å²) in [5.41, 5.74) is 3.17. The van der Waals surface area contributed by atoms with E-state index in [0.717, 1.165) is 11.1 Å². The molecule has 0 aliphatic carbocycles. The standard InChI is InChI=1S/C18H16Cl2N2O2/c1-10-4-3-5-16(11(10)2)22-17(23)9-15(18(22)24)21-14-7-6-12(19)8-13(14)20/h3-8,15,21H,9H2,1-2H3/t15-/m0/s1. The number of anilines is 2. The molecule has 1 aliphatic rings. The summed E-state index contributed by atoms with van der Waals surface area (Å²) in [6.45, 7) is 3.86. The van der Waals surface area contributed by atoms with Gasteiger partial charge in [-0.3, -0.25) is 9.59 Å².